The first-order valence-corrected chi connectivity index (χ1v) is 8.00. The van der Waals surface area contributed by atoms with E-state index in [4.69, 9.17) is 4.74 Å². The molecule has 122 valence electrons. The fourth-order valence-electron chi connectivity index (χ4n) is 2.62. The van der Waals surface area contributed by atoms with Crippen molar-refractivity contribution in [2.24, 2.45) is 0 Å². The van der Waals surface area contributed by atoms with E-state index in [9.17, 15) is 4.79 Å². The Labute approximate surface area is 134 Å². The molecule has 0 N–H and O–H groups in total. The number of benzene rings is 1. The Morgan fingerprint density at radius 1 is 1.18 bits per heavy atom. The van der Waals surface area contributed by atoms with Crippen molar-refractivity contribution < 1.29 is 9.53 Å². The maximum Gasteiger partial charge on any atom is 0.236 e. The lowest BCUT2D eigenvalue weighted by molar-refractivity contribution is -0.136. The summed E-state index contributed by atoms with van der Waals surface area (Å²) in [6, 6.07) is 8.70. The van der Waals surface area contributed by atoms with Gasteiger partial charge in [0.2, 0.25) is 5.91 Å². The van der Waals surface area contributed by atoms with Crippen molar-refractivity contribution in [2.75, 3.05) is 39.9 Å². The summed E-state index contributed by atoms with van der Waals surface area (Å²) in [7, 11) is 2.00. The molecule has 1 fully saturated rings. The highest BCUT2D eigenvalue weighted by atomic mass is 16.5. The number of carbonyl (C=O) groups is 1. The van der Waals surface area contributed by atoms with Crippen LogP contribution >= 0.6 is 0 Å². The van der Waals surface area contributed by atoms with Crippen molar-refractivity contribution >= 4 is 5.91 Å². The summed E-state index contributed by atoms with van der Waals surface area (Å²) in [4.78, 5) is 16.2. The normalized spacial score (nSPS) is 16.1. The molecule has 0 aromatic heterocycles. The molecule has 0 radical (unpaired) electrons. The lowest BCUT2D eigenvalue weighted by Crippen LogP contribution is -2.44. The van der Waals surface area contributed by atoms with Crippen LogP contribution in [0.15, 0.2) is 24.3 Å². The van der Waals surface area contributed by atoms with Gasteiger partial charge in [0, 0.05) is 19.6 Å². The smallest absolute Gasteiger partial charge is 0.236 e. The molecule has 1 aliphatic rings. The Balaban J connectivity index is 1.86. The summed E-state index contributed by atoms with van der Waals surface area (Å²) in [5.74, 6) is 0.192. The van der Waals surface area contributed by atoms with E-state index in [1.165, 1.54) is 11.1 Å². The zero-order valence-corrected chi connectivity index (χ0v) is 14.3. The van der Waals surface area contributed by atoms with Crippen LogP contribution in [-0.4, -0.2) is 55.6 Å². The number of carbonyl (C=O) groups excluding carboxylic acids is 1. The molecule has 0 atom stereocenters. The van der Waals surface area contributed by atoms with Crippen molar-refractivity contribution in [3.05, 3.63) is 35.4 Å². The van der Waals surface area contributed by atoms with Gasteiger partial charge in [0.05, 0.1) is 19.8 Å². The van der Waals surface area contributed by atoms with E-state index in [0.717, 1.165) is 6.54 Å². The largest absolute Gasteiger partial charge is 0.378 e. The standard InChI is InChI=1S/C18H28N2O2/c1-18(2,3)16-7-5-15(6-8-16)13-19(4)14-17(21)20-9-11-22-12-10-20/h5-8H,9-14H2,1-4H3. The molecule has 0 bridgehead atoms. The molecular formula is C18H28N2O2. The number of rotatable bonds is 4. The van der Waals surface area contributed by atoms with Gasteiger partial charge < -0.3 is 9.64 Å². The van der Waals surface area contributed by atoms with Gasteiger partial charge in [-0.15, -0.1) is 0 Å². The fraction of sp³-hybridized carbons (Fsp3) is 0.611. The Morgan fingerprint density at radius 2 is 1.77 bits per heavy atom. The van der Waals surface area contributed by atoms with Crippen LogP contribution in [0, 0.1) is 0 Å². The average molecular weight is 304 g/mol. The quantitative estimate of drug-likeness (QED) is 0.855. The van der Waals surface area contributed by atoms with Gasteiger partial charge in [0.15, 0.2) is 0 Å². The zero-order valence-electron chi connectivity index (χ0n) is 14.3. The van der Waals surface area contributed by atoms with Crippen LogP contribution in [0.3, 0.4) is 0 Å². The SMILES string of the molecule is CN(CC(=O)N1CCOCC1)Cc1ccc(C(C)(C)C)cc1. The molecule has 1 aromatic rings. The van der Waals surface area contributed by atoms with Gasteiger partial charge >= 0.3 is 0 Å². The highest BCUT2D eigenvalue weighted by Crippen LogP contribution is 2.22. The summed E-state index contributed by atoms with van der Waals surface area (Å²) in [6.45, 7) is 10.6. The first-order valence-electron chi connectivity index (χ1n) is 8.00. The predicted molar refractivity (Wildman–Crippen MR) is 88.9 cm³/mol. The maximum absolute atomic E-state index is 12.2. The molecular weight excluding hydrogens is 276 g/mol. The summed E-state index contributed by atoms with van der Waals surface area (Å²) < 4.78 is 5.28. The van der Waals surface area contributed by atoms with Crippen molar-refractivity contribution in [1.29, 1.82) is 0 Å². The number of nitrogens with zero attached hydrogens (tertiary/aromatic N) is 2. The predicted octanol–water partition coefficient (Wildman–Crippen LogP) is 2.27. The van der Waals surface area contributed by atoms with E-state index in [1.807, 2.05) is 11.9 Å². The topological polar surface area (TPSA) is 32.8 Å². The minimum Gasteiger partial charge on any atom is -0.378 e. The summed E-state index contributed by atoms with van der Waals surface area (Å²) in [5.41, 5.74) is 2.75. The number of hydrogen-bond acceptors (Lipinski definition) is 3. The molecule has 2 rings (SSSR count). The van der Waals surface area contributed by atoms with Gasteiger partial charge in [-0.3, -0.25) is 9.69 Å². The van der Waals surface area contributed by atoms with Crippen LogP contribution < -0.4 is 0 Å². The molecule has 1 saturated heterocycles. The summed E-state index contributed by atoms with van der Waals surface area (Å²) >= 11 is 0. The third-order valence-corrected chi connectivity index (χ3v) is 4.04. The fourth-order valence-corrected chi connectivity index (χ4v) is 2.62. The van der Waals surface area contributed by atoms with Gasteiger partial charge in [-0.2, -0.15) is 0 Å². The van der Waals surface area contributed by atoms with Crippen LogP contribution in [0.25, 0.3) is 0 Å². The van der Waals surface area contributed by atoms with Gasteiger partial charge in [-0.05, 0) is 23.6 Å². The van der Waals surface area contributed by atoms with Crippen molar-refractivity contribution in [3.8, 4) is 0 Å². The van der Waals surface area contributed by atoms with Crippen LogP contribution in [0.2, 0.25) is 0 Å². The molecule has 1 aromatic carbocycles. The first kappa shape index (κ1) is 17.0. The molecule has 1 aliphatic heterocycles. The minimum absolute atomic E-state index is 0.177. The van der Waals surface area contributed by atoms with Gasteiger partial charge in [-0.1, -0.05) is 45.0 Å². The number of likely N-dealkylation sites (N-methyl/N-ethyl adjacent to an activating group) is 1. The molecule has 0 saturated carbocycles. The Hall–Kier alpha value is -1.39. The molecule has 1 amide bonds. The highest BCUT2D eigenvalue weighted by Gasteiger charge is 2.18. The lowest BCUT2D eigenvalue weighted by Gasteiger charge is -2.28. The lowest BCUT2D eigenvalue weighted by atomic mass is 9.87. The molecule has 22 heavy (non-hydrogen) atoms. The van der Waals surface area contributed by atoms with E-state index in [-0.39, 0.29) is 11.3 Å². The third-order valence-electron chi connectivity index (χ3n) is 4.04. The monoisotopic (exact) mass is 304 g/mol. The van der Waals surface area contributed by atoms with Crippen molar-refractivity contribution in [2.45, 2.75) is 32.7 Å². The van der Waals surface area contributed by atoms with Crippen molar-refractivity contribution in [1.82, 2.24) is 9.80 Å². The second-order valence-corrected chi connectivity index (χ2v) is 7.11. The van der Waals surface area contributed by atoms with Crippen LogP contribution in [-0.2, 0) is 21.5 Å². The Morgan fingerprint density at radius 3 is 2.32 bits per heavy atom. The summed E-state index contributed by atoms with van der Waals surface area (Å²) in [5, 5.41) is 0. The third kappa shape index (κ3) is 4.82. The molecule has 0 unspecified atom stereocenters. The van der Waals surface area contributed by atoms with Gasteiger partial charge in [0.1, 0.15) is 0 Å². The van der Waals surface area contributed by atoms with Gasteiger partial charge in [0.25, 0.3) is 0 Å². The van der Waals surface area contributed by atoms with Crippen LogP contribution in [0.1, 0.15) is 31.9 Å². The number of ether oxygens (including phenoxy) is 1. The second-order valence-electron chi connectivity index (χ2n) is 7.11. The van der Waals surface area contributed by atoms with E-state index >= 15 is 0 Å². The van der Waals surface area contributed by atoms with E-state index in [1.54, 1.807) is 0 Å². The molecule has 4 heteroatoms. The van der Waals surface area contributed by atoms with Gasteiger partial charge in [-0.25, -0.2) is 0 Å². The molecule has 0 spiro atoms. The average Bonchev–Trinajstić information content (AvgIpc) is 2.47. The van der Waals surface area contributed by atoms with E-state index < -0.39 is 0 Å². The molecule has 0 aliphatic carbocycles. The molecule has 4 nitrogen and oxygen atoms in total. The second kappa shape index (κ2) is 7.25. The zero-order chi connectivity index (χ0) is 16.2. The Kier molecular flexibility index (Phi) is 5.59. The number of hydrogen-bond donors (Lipinski definition) is 0. The van der Waals surface area contributed by atoms with Crippen LogP contribution in [0.4, 0.5) is 0 Å². The minimum atomic E-state index is 0.177. The Bertz CT molecular complexity index is 485. The maximum atomic E-state index is 12.2. The number of morpholine rings is 1. The summed E-state index contributed by atoms with van der Waals surface area (Å²) in [6.07, 6.45) is 0. The van der Waals surface area contributed by atoms with E-state index in [0.29, 0.717) is 32.8 Å². The highest BCUT2D eigenvalue weighted by molar-refractivity contribution is 5.78. The number of amides is 1. The molecule has 1 heterocycles. The van der Waals surface area contributed by atoms with Crippen molar-refractivity contribution in [3.63, 3.8) is 0 Å². The first-order chi connectivity index (χ1) is 10.4. The van der Waals surface area contributed by atoms with Crippen LogP contribution in [0.5, 0.6) is 0 Å². The van der Waals surface area contributed by atoms with E-state index in [2.05, 4.69) is 49.9 Å².